The van der Waals surface area contributed by atoms with E-state index in [1.807, 2.05) is 6.92 Å². The van der Waals surface area contributed by atoms with Crippen molar-refractivity contribution in [1.82, 2.24) is 4.98 Å². The van der Waals surface area contributed by atoms with Gasteiger partial charge in [0.2, 0.25) is 0 Å². The van der Waals surface area contributed by atoms with Crippen molar-refractivity contribution in [3.63, 3.8) is 0 Å². The smallest absolute Gasteiger partial charge is 0.257 e. The van der Waals surface area contributed by atoms with Gasteiger partial charge in [-0.3, -0.25) is 9.78 Å². The Kier molecular flexibility index (Phi) is 3.14. The van der Waals surface area contributed by atoms with Gasteiger partial charge in [-0.05, 0) is 36.8 Å². The molecule has 92 valence electrons. The summed E-state index contributed by atoms with van der Waals surface area (Å²) < 4.78 is 0. The lowest BCUT2D eigenvalue weighted by Gasteiger charge is -2.08. The Morgan fingerprint density at radius 3 is 2.83 bits per heavy atom. The summed E-state index contributed by atoms with van der Waals surface area (Å²) in [6.07, 6.45) is 3.24. The van der Waals surface area contributed by atoms with E-state index in [2.05, 4.69) is 10.3 Å². The second-order valence-corrected chi connectivity index (χ2v) is 3.98. The summed E-state index contributed by atoms with van der Waals surface area (Å²) in [7, 11) is 0. The molecule has 2 aromatic rings. The molecule has 1 amide bonds. The SMILES string of the molecule is Cc1cncc(NC(=O)c2cc(O)ccc2N)c1. The molecule has 0 aliphatic heterocycles. The summed E-state index contributed by atoms with van der Waals surface area (Å²) in [5.41, 5.74) is 7.76. The number of aromatic nitrogens is 1. The highest BCUT2D eigenvalue weighted by Crippen LogP contribution is 2.20. The van der Waals surface area contributed by atoms with Gasteiger partial charge < -0.3 is 16.2 Å². The fraction of sp³-hybridized carbons (Fsp3) is 0.0769. The van der Waals surface area contributed by atoms with E-state index in [-0.39, 0.29) is 17.2 Å². The minimum absolute atomic E-state index is 0.00304. The van der Waals surface area contributed by atoms with Crippen molar-refractivity contribution in [3.05, 3.63) is 47.8 Å². The highest BCUT2D eigenvalue weighted by Gasteiger charge is 2.11. The molecule has 0 aliphatic rings. The number of aromatic hydroxyl groups is 1. The largest absolute Gasteiger partial charge is 0.508 e. The average Bonchev–Trinajstić information content (AvgIpc) is 2.32. The van der Waals surface area contributed by atoms with Gasteiger partial charge in [0.15, 0.2) is 0 Å². The number of carbonyl (C=O) groups is 1. The fourth-order valence-electron chi connectivity index (χ4n) is 1.56. The van der Waals surface area contributed by atoms with Gasteiger partial charge in [0.05, 0.1) is 17.4 Å². The van der Waals surface area contributed by atoms with Gasteiger partial charge in [0.1, 0.15) is 5.75 Å². The first-order chi connectivity index (χ1) is 8.56. The van der Waals surface area contributed by atoms with E-state index in [1.165, 1.54) is 18.2 Å². The van der Waals surface area contributed by atoms with Gasteiger partial charge in [-0.25, -0.2) is 0 Å². The predicted molar refractivity (Wildman–Crippen MR) is 69.4 cm³/mol. The minimum atomic E-state index is -0.379. The van der Waals surface area contributed by atoms with Crippen molar-refractivity contribution in [3.8, 4) is 5.75 Å². The van der Waals surface area contributed by atoms with Crippen molar-refractivity contribution < 1.29 is 9.90 Å². The van der Waals surface area contributed by atoms with Crippen LogP contribution in [0.25, 0.3) is 0 Å². The van der Waals surface area contributed by atoms with Crippen molar-refractivity contribution in [2.45, 2.75) is 6.92 Å². The number of rotatable bonds is 2. The van der Waals surface area contributed by atoms with E-state index >= 15 is 0 Å². The summed E-state index contributed by atoms with van der Waals surface area (Å²) in [5.74, 6) is -0.382. The maximum Gasteiger partial charge on any atom is 0.257 e. The highest BCUT2D eigenvalue weighted by atomic mass is 16.3. The number of hydrogen-bond acceptors (Lipinski definition) is 4. The maximum absolute atomic E-state index is 12.0. The number of benzene rings is 1. The van der Waals surface area contributed by atoms with Crippen LogP contribution in [0.4, 0.5) is 11.4 Å². The average molecular weight is 243 g/mol. The Morgan fingerprint density at radius 2 is 2.11 bits per heavy atom. The molecule has 5 heteroatoms. The molecule has 0 aliphatic carbocycles. The monoisotopic (exact) mass is 243 g/mol. The Bertz CT molecular complexity index is 597. The number of amides is 1. The molecule has 0 spiro atoms. The Balaban J connectivity index is 2.24. The van der Waals surface area contributed by atoms with Gasteiger partial charge >= 0.3 is 0 Å². The van der Waals surface area contributed by atoms with E-state index in [9.17, 15) is 9.90 Å². The van der Waals surface area contributed by atoms with Crippen molar-refractivity contribution in [2.75, 3.05) is 11.1 Å². The maximum atomic E-state index is 12.0. The molecular formula is C13H13N3O2. The number of phenols is 1. The summed E-state index contributed by atoms with van der Waals surface area (Å²) in [6.45, 7) is 1.88. The zero-order chi connectivity index (χ0) is 13.1. The highest BCUT2D eigenvalue weighted by molar-refractivity contribution is 6.07. The summed E-state index contributed by atoms with van der Waals surface area (Å²) in [5, 5.41) is 12.0. The zero-order valence-electron chi connectivity index (χ0n) is 9.84. The third-order valence-corrected chi connectivity index (χ3v) is 2.41. The van der Waals surface area contributed by atoms with Crippen LogP contribution < -0.4 is 11.1 Å². The van der Waals surface area contributed by atoms with Crippen LogP contribution in [-0.2, 0) is 0 Å². The van der Waals surface area contributed by atoms with Crippen LogP contribution in [0.1, 0.15) is 15.9 Å². The van der Waals surface area contributed by atoms with Crippen LogP contribution in [0, 0.1) is 6.92 Å². The molecule has 1 aromatic carbocycles. The number of nitrogen functional groups attached to an aromatic ring is 1. The quantitative estimate of drug-likeness (QED) is 0.555. The van der Waals surface area contributed by atoms with E-state index < -0.39 is 0 Å². The molecule has 0 unspecified atom stereocenters. The summed E-state index contributed by atoms with van der Waals surface area (Å²) >= 11 is 0. The van der Waals surface area contributed by atoms with Gasteiger partial charge in [-0.2, -0.15) is 0 Å². The van der Waals surface area contributed by atoms with Crippen molar-refractivity contribution >= 4 is 17.3 Å². The van der Waals surface area contributed by atoms with Crippen molar-refractivity contribution in [1.29, 1.82) is 0 Å². The van der Waals surface area contributed by atoms with Gasteiger partial charge in [-0.15, -0.1) is 0 Å². The van der Waals surface area contributed by atoms with E-state index in [0.717, 1.165) is 5.56 Å². The molecule has 5 nitrogen and oxygen atoms in total. The van der Waals surface area contributed by atoms with Crippen LogP contribution in [0.2, 0.25) is 0 Å². The topological polar surface area (TPSA) is 88.2 Å². The molecule has 0 radical (unpaired) electrons. The third kappa shape index (κ3) is 2.57. The zero-order valence-corrected chi connectivity index (χ0v) is 9.84. The van der Waals surface area contributed by atoms with Crippen molar-refractivity contribution in [2.24, 2.45) is 0 Å². The molecule has 2 rings (SSSR count). The van der Waals surface area contributed by atoms with Gasteiger partial charge in [0.25, 0.3) is 5.91 Å². The Labute approximate surface area is 104 Å². The molecule has 1 heterocycles. The Morgan fingerprint density at radius 1 is 1.33 bits per heavy atom. The predicted octanol–water partition coefficient (Wildman–Crippen LogP) is 1.93. The number of anilines is 2. The second kappa shape index (κ2) is 4.75. The number of phenolic OH excluding ortho intramolecular Hbond substituents is 1. The molecule has 0 saturated carbocycles. The number of pyridine rings is 1. The normalized spacial score (nSPS) is 10.1. The number of carbonyl (C=O) groups excluding carboxylic acids is 1. The number of aryl methyl sites for hydroxylation is 1. The standard InChI is InChI=1S/C13H13N3O2/c1-8-4-9(7-15-6-8)16-13(18)11-5-10(17)2-3-12(11)14/h2-7,17H,14H2,1H3,(H,16,18). The molecular weight excluding hydrogens is 230 g/mol. The van der Waals surface area contributed by atoms with Gasteiger partial charge in [0, 0.05) is 11.9 Å². The lowest BCUT2D eigenvalue weighted by Crippen LogP contribution is -2.14. The van der Waals surface area contributed by atoms with Crippen LogP contribution >= 0.6 is 0 Å². The first kappa shape index (κ1) is 11.9. The number of nitrogens with one attached hydrogen (secondary N) is 1. The van der Waals surface area contributed by atoms with E-state index in [0.29, 0.717) is 11.4 Å². The number of nitrogens with zero attached hydrogens (tertiary/aromatic N) is 1. The molecule has 1 aromatic heterocycles. The second-order valence-electron chi connectivity index (χ2n) is 3.98. The van der Waals surface area contributed by atoms with Crippen LogP contribution in [-0.4, -0.2) is 16.0 Å². The molecule has 18 heavy (non-hydrogen) atoms. The van der Waals surface area contributed by atoms with Crippen LogP contribution in [0.5, 0.6) is 5.75 Å². The Hall–Kier alpha value is -2.56. The summed E-state index contributed by atoms with van der Waals surface area (Å²) in [6, 6.07) is 6.04. The molecule has 0 atom stereocenters. The summed E-state index contributed by atoms with van der Waals surface area (Å²) in [4.78, 5) is 15.9. The van der Waals surface area contributed by atoms with Gasteiger partial charge in [-0.1, -0.05) is 0 Å². The molecule has 0 bridgehead atoms. The fourth-order valence-corrected chi connectivity index (χ4v) is 1.56. The first-order valence-electron chi connectivity index (χ1n) is 5.38. The van der Waals surface area contributed by atoms with E-state index in [4.69, 9.17) is 5.73 Å². The third-order valence-electron chi connectivity index (χ3n) is 2.41. The lowest BCUT2D eigenvalue weighted by atomic mass is 10.1. The molecule has 0 fully saturated rings. The van der Waals surface area contributed by atoms with Crippen LogP contribution in [0.3, 0.4) is 0 Å². The number of nitrogens with two attached hydrogens (primary N) is 1. The van der Waals surface area contributed by atoms with E-state index in [1.54, 1.807) is 18.5 Å². The number of hydrogen-bond donors (Lipinski definition) is 3. The molecule has 4 N–H and O–H groups in total. The minimum Gasteiger partial charge on any atom is -0.508 e. The lowest BCUT2D eigenvalue weighted by molar-refractivity contribution is 0.102. The molecule has 0 saturated heterocycles. The first-order valence-corrected chi connectivity index (χ1v) is 5.38. The van der Waals surface area contributed by atoms with Crippen LogP contribution in [0.15, 0.2) is 36.7 Å².